The molecule has 0 radical (unpaired) electrons. The fraction of sp³-hybridized carbons (Fsp3) is 0.350. The zero-order valence-corrected chi connectivity index (χ0v) is 17.6. The van der Waals surface area contributed by atoms with E-state index in [0.717, 1.165) is 23.0 Å². The Morgan fingerprint density at radius 3 is 2.97 bits per heavy atom. The van der Waals surface area contributed by atoms with Crippen LogP contribution in [0.5, 0.6) is 10.9 Å². The van der Waals surface area contributed by atoms with Crippen molar-refractivity contribution in [2.75, 3.05) is 11.9 Å². The van der Waals surface area contributed by atoms with E-state index in [2.05, 4.69) is 20.8 Å². The molecular formula is C20H21ClN4O3S. The zero-order chi connectivity index (χ0) is 20.4. The van der Waals surface area contributed by atoms with Crippen LogP contribution < -0.4 is 15.4 Å². The van der Waals surface area contributed by atoms with E-state index >= 15 is 0 Å². The summed E-state index contributed by atoms with van der Waals surface area (Å²) in [5.74, 6) is 1.84. The second-order valence-corrected chi connectivity index (χ2v) is 8.50. The van der Waals surface area contributed by atoms with Crippen molar-refractivity contribution in [1.82, 2.24) is 15.5 Å². The summed E-state index contributed by atoms with van der Waals surface area (Å²) >= 11 is 7.71. The number of nitrogens with one attached hydrogen (secondary N) is 2. The minimum absolute atomic E-state index is 0.128. The first kappa shape index (κ1) is 19.7. The molecule has 1 aromatic carbocycles. The van der Waals surface area contributed by atoms with Gasteiger partial charge in [-0.15, -0.1) is 0 Å². The molecular weight excluding hydrogens is 412 g/mol. The average molecular weight is 433 g/mol. The van der Waals surface area contributed by atoms with E-state index in [1.165, 1.54) is 31.1 Å². The van der Waals surface area contributed by atoms with E-state index in [4.69, 9.17) is 20.9 Å². The van der Waals surface area contributed by atoms with Gasteiger partial charge < -0.3 is 19.9 Å². The van der Waals surface area contributed by atoms with Crippen molar-refractivity contribution in [3.05, 3.63) is 41.2 Å². The van der Waals surface area contributed by atoms with Gasteiger partial charge in [-0.05, 0) is 37.8 Å². The maximum absolute atomic E-state index is 11.2. The molecule has 3 aromatic rings. The lowest BCUT2D eigenvalue weighted by Gasteiger charge is -2.09. The number of thiazole rings is 1. The van der Waals surface area contributed by atoms with Gasteiger partial charge in [0.2, 0.25) is 5.91 Å². The molecule has 9 heteroatoms. The average Bonchev–Trinajstić information content (AvgIpc) is 3.16. The summed E-state index contributed by atoms with van der Waals surface area (Å²) in [5, 5.41) is 11.3. The van der Waals surface area contributed by atoms with Gasteiger partial charge in [-0.2, -0.15) is 0 Å². The maximum Gasteiger partial charge on any atom is 0.279 e. The Kier molecular flexibility index (Phi) is 5.73. The lowest BCUT2D eigenvalue weighted by atomic mass is 10.2. The lowest BCUT2D eigenvalue weighted by Crippen LogP contribution is -2.23. The third kappa shape index (κ3) is 5.07. The van der Waals surface area contributed by atoms with Gasteiger partial charge >= 0.3 is 0 Å². The van der Waals surface area contributed by atoms with E-state index < -0.39 is 0 Å². The molecule has 152 valence electrons. The molecule has 0 saturated heterocycles. The molecule has 29 heavy (non-hydrogen) atoms. The van der Waals surface area contributed by atoms with Gasteiger partial charge in [0, 0.05) is 25.6 Å². The second-order valence-electron chi connectivity index (χ2n) is 7.10. The Hall–Kier alpha value is -2.58. The van der Waals surface area contributed by atoms with Gasteiger partial charge in [-0.25, -0.2) is 4.98 Å². The van der Waals surface area contributed by atoms with Crippen LogP contribution in [0.4, 0.5) is 5.69 Å². The van der Waals surface area contributed by atoms with E-state index in [1.54, 1.807) is 18.3 Å². The smallest absolute Gasteiger partial charge is 0.279 e. The molecule has 4 rings (SSSR count). The van der Waals surface area contributed by atoms with Crippen LogP contribution in [0.2, 0.25) is 5.02 Å². The maximum atomic E-state index is 11.2. The van der Waals surface area contributed by atoms with E-state index in [9.17, 15) is 4.79 Å². The van der Waals surface area contributed by atoms with Crippen molar-refractivity contribution in [3.8, 4) is 21.5 Å². The number of aromatic nitrogens is 2. The normalized spacial score (nSPS) is 14.4. The third-order valence-electron chi connectivity index (χ3n) is 4.54. The molecule has 1 amide bonds. The quantitative estimate of drug-likeness (QED) is 0.504. The summed E-state index contributed by atoms with van der Waals surface area (Å²) in [7, 11) is 0. The van der Waals surface area contributed by atoms with Crippen molar-refractivity contribution >= 4 is 34.5 Å². The molecule has 2 N–H and O–H groups in total. The van der Waals surface area contributed by atoms with Gasteiger partial charge in [0.05, 0.1) is 27.8 Å². The van der Waals surface area contributed by atoms with Crippen LogP contribution in [-0.2, 0) is 4.79 Å². The number of hydrogen-bond donors (Lipinski definition) is 2. The first-order valence-electron chi connectivity index (χ1n) is 9.39. The molecule has 1 aliphatic carbocycles. The Labute approximate surface area is 177 Å². The Bertz CT molecular complexity index is 1010. The minimum atomic E-state index is -0.258. The number of nitrogens with zero attached hydrogens (tertiary/aromatic N) is 2. The Morgan fingerprint density at radius 2 is 2.24 bits per heavy atom. The largest absolute Gasteiger partial charge is 0.431 e. The molecule has 0 spiro atoms. The van der Waals surface area contributed by atoms with Gasteiger partial charge in [-0.3, -0.25) is 4.79 Å². The van der Waals surface area contributed by atoms with Gasteiger partial charge in [0.1, 0.15) is 11.4 Å². The van der Waals surface area contributed by atoms with Gasteiger partial charge in [0.25, 0.3) is 5.19 Å². The van der Waals surface area contributed by atoms with E-state index in [1.807, 2.05) is 19.1 Å². The number of hydrogen-bond acceptors (Lipinski definition) is 7. The predicted molar refractivity (Wildman–Crippen MR) is 113 cm³/mol. The molecule has 0 bridgehead atoms. The minimum Gasteiger partial charge on any atom is -0.431 e. The van der Waals surface area contributed by atoms with Gasteiger partial charge in [0.15, 0.2) is 5.76 Å². The SMILES string of the molecule is CC(=O)NC(C)c1cc(-c2cnc(Oc3ccc(NCC4CC4)c(Cl)c3)s2)no1. The molecule has 1 atom stereocenters. The molecule has 1 saturated carbocycles. The van der Waals surface area contributed by atoms with Crippen LogP contribution in [0.1, 0.15) is 38.5 Å². The van der Waals surface area contributed by atoms with Crippen molar-refractivity contribution < 1.29 is 14.1 Å². The Balaban J connectivity index is 1.41. The second kappa shape index (κ2) is 8.42. The molecule has 2 aromatic heterocycles. The highest BCUT2D eigenvalue weighted by Crippen LogP contribution is 2.36. The fourth-order valence-electron chi connectivity index (χ4n) is 2.79. The molecule has 1 aliphatic rings. The van der Waals surface area contributed by atoms with E-state index in [0.29, 0.717) is 27.4 Å². The number of halogens is 1. The van der Waals surface area contributed by atoms with Crippen LogP contribution in [-0.4, -0.2) is 22.6 Å². The summed E-state index contributed by atoms with van der Waals surface area (Å²) < 4.78 is 11.2. The van der Waals surface area contributed by atoms with Crippen molar-refractivity contribution in [1.29, 1.82) is 0 Å². The molecule has 1 unspecified atom stereocenters. The van der Waals surface area contributed by atoms with Crippen LogP contribution in [0.15, 0.2) is 35.0 Å². The lowest BCUT2D eigenvalue weighted by molar-refractivity contribution is -0.119. The zero-order valence-electron chi connectivity index (χ0n) is 16.1. The number of ether oxygens (including phenoxy) is 1. The predicted octanol–water partition coefficient (Wildman–Crippen LogP) is 5.26. The summed E-state index contributed by atoms with van der Waals surface area (Å²) in [6, 6.07) is 7.09. The summed E-state index contributed by atoms with van der Waals surface area (Å²) in [5.41, 5.74) is 1.55. The first-order chi connectivity index (χ1) is 14.0. The summed E-state index contributed by atoms with van der Waals surface area (Å²) in [4.78, 5) is 16.3. The number of rotatable bonds is 8. The number of amides is 1. The van der Waals surface area contributed by atoms with Crippen molar-refractivity contribution in [2.45, 2.75) is 32.7 Å². The third-order valence-corrected chi connectivity index (χ3v) is 5.75. The van der Waals surface area contributed by atoms with Crippen molar-refractivity contribution in [2.24, 2.45) is 5.92 Å². The fourth-order valence-corrected chi connectivity index (χ4v) is 3.76. The molecule has 1 fully saturated rings. The van der Waals surface area contributed by atoms with Crippen LogP contribution in [0, 0.1) is 5.92 Å². The summed E-state index contributed by atoms with van der Waals surface area (Å²) in [6.45, 7) is 4.25. The number of carbonyl (C=O) groups is 1. The molecule has 0 aliphatic heterocycles. The Morgan fingerprint density at radius 1 is 1.41 bits per heavy atom. The highest BCUT2D eigenvalue weighted by molar-refractivity contribution is 7.16. The monoisotopic (exact) mass is 432 g/mol. The van der Waals surface area contributed by atoms with E-state index in [-0.39, 0.29) is 11.9 Å². The molecule has 7 nitrogen and oxygen atoms in total. The standard InChI is InChI=1S/C20H21ClN4O3S/c1-11(24-12(2)26)18-8-17(25-28-18)19-10-23-20(29-19)27-14-5-6-16(15(21)7-14)22-9-13-3-4-13/h5-8,10-11,13,22H,3-4,9H2,1-2H3,(H,24,26). The van der Waals surface area contributed by atoms with Crippen LogP contribution in [0.25, 0.3) is 10.6 Å². The molecule has 2 heterocycles. The highest BCUT2D eigenvalue weighted by atomic mass is 35.5. The highest BCUT2D eigenvalue weighted by Gasteiger charge is 2.21. The first-order valence-corrected chi connectivity index (χ1v) is 10.6. The number of anilines is 1. The van der Waals surface area contributed by atoms with Crippen LogP contribution in [0.3, 0.4) is 0 Å². The van der Waals surface area contributed by atoms with Gasteiger partial charge in [-0.1, -0.05) is 28.1 Å². The van der Waals surface area contributed by atoms with Crippen LogP contribution >= 0.6 is 22.9 Å². The number of carbonyl (C=O) groups excluding carboxylic acids is 1. The topological polar surface area (TPSA) is 89.3 Å². The number of benzene rings is 1. The summed E-state index contributed by atoms with van der Waals surface area (Å²) in [6.07, 6.45) is 4.26. The van der Waals surface area contributed by atoms with Crippen molar-refractivity contribution in [3.63, 3.8) is 0 Å².